The maximum atomic E-state index is 12.1. The Balaban J connectivity index is 2.06. The second-order valence-electron chi connectivity index (χ2n) is 5.01. The van der Waals surface area contributed by atoms with Gasteiger partial charge in [-0.2, -0.15) is 5.26 Å². The van der Waals surface area contributed by atoms with Gasteiger partial charge >= 0.3 is 6.03 Å². The number of methoxy groups -OCH3 is 1. The number of ether oxygens (including phenoxy) is 1. The Morgan fingerprint density at radius 1 is 1.62 bits per heavy atom. The van der Waals surface area contributed by atoms with Gasteiger partial charge in [0.05, 0.1) is 25.8 Å². The number of carbonyl (C=O) groups is 1. The molecule has 1 unspecified atom stereocenters. The van der Waals surface area contributed by atoms with Crippen LogP contribution in [-0.4, -0.2) is 53.6 Å². The summed E-state index contributed by atoms with van der Waals surface area (Å²) in [5, 5.41) is 30.7. The molecular formula is C14H17N3O4. The average Bonchev–Trinajstić information content (AvgIpc) is 2.90. The van der Waals surface area contributed by atoms with Crippen LogP contribution in [0.25, 0.3) is 0 Å². The highest BCUT2D eigenvalue weighted by atomic mass is 16.5. The summed E-state index contributed by atoms with van der Waals surface area (Å²) in [6.45, 7) is 0.0681. The van der Waals surface area contributed by atoms with Gasteiger partial charge in [-0.25, -0.2) is 4.79 Å². The van der Waals surface area contributed by atoms with Crippen LogP contribution in [0.15, 0.2) is 18.2 Å². The van der Waals surface area contributed by atoms with E-state index in [0.717, 1.165) is 0 Å². The van der Waals surface area contributed by atoms with Gasteiger partial charge < -0.3 is 25.2 Å². The van der Waals surface area contributed by atoms with Gasteiger partial charge in [-0.1, -0.05) is 0 Å². The fraction of sp³-hybridized carbons (Fsp3) is 0.429. The molecule has 1 aliphatic rings. The number of hydrogen-bond acceptors (Lipinski definition) is 5. The predicted octanol–water partition coefficient (Wildman–Crippen LogP) is 0.528. The van der Waals surface area contributed by atoms with Gasteiger partial charge in [-0.05, 0) is 24.6 Å². The number of nitrogens with zero attached hydrogens (tertiary/aromatic N) is 2. The number of β-amino-alcohol motifs (C(OH)–C–C–N with tert-alkyl or cyclic N) is 1. The Morgan fingerprint density at radius 2 is 2.38 bits per heavy atom. The number of carbonyl (C=O) groups excluding carboxylic acids is 1. The van der Waals surface area contributed by atoms with E-state index in [1.165, 1.54) is 18.1 Å². The number of urea groups is 1. The Morgan fingerprint density at radius 3 is 2.95 bits per heavy atom. The fourth-order valence-corrected chi connectivity index (χ4v) is 2.23. The molecule has 1 aromatic rings. The standard InChI is InChI=1S/C14H17N3O4/c1-21-12-3-2-11(6-10(12)7-15)16-13(19)17-5-4-14(20,8-17)9-18/h2-3,6,18,20H,4-5,8-9H2,1H3,(H,16,19). The van der Waals surface area contributed by atoms with Crippen molar-refractivity contribution in [1.29, 1.82) is 5.26 Å². The van der Waals surface area contributed by atoms with Crippen molar-refractivity contribution in [1.82, 2.24) is 4.90 Å². The first kappa shape index (κ1) is 15.1. The highest BCUT2D eigenvalue weighted by molar-refractivity contribution is 5.90. The van der Waals surface area contributed by atoms with Crippen LogP contribution >= 0.6 is 0 Å². The van der Waals surface area contributed by atoms with Crippen molar-refractivity contribution in [3.05, 3.63) is 23.8 Å². The van der Waals surface area contributed by atoms with Gasteiger partial charge in [-0.3, -0.25) is 0 Å². The van der Waals surface area contributed by atoms with Crippen LogP contribution in [0.1, 0.15) is 12.0 Å². The third-order valence-electron chi connectivity index (χ3n) is 3.48. The van der Waals surface area contributed by atoms with Gasteiger partial charge in [-0.15, -0.1) is 0 Å². The molecule has 1 atom stereocenters. The SMILES string of the molecule is COc1ccc(NC(=O)N2CCC(O)(CO)C2)cc1C#N. The molecule has 1 aromatic carbocycles. The monoisotopic (exact) mass is 291 g/mol. The molecule has 7 heteroatoms. The molecule has 3 N–H and O–H groups in total. The number of nitrogens with one attached hydrogen (secondary N) is 1. The lowest BCUT2D eigenvalue weighted by Gasteiger charge is -2.21. The van der Waals surface area contributed by atoms with Crippen LogP contribution in [0.4, 0.5) is 10.5 Å². The number of nitriles is 1. The van der Waals surface area contributed by atoms with E-state index in [1.807, 2.05) is 6.07 Å². The maximum Gasteiger partial charge on any atom is 0.321 e. The third-order valence-corrected chi connectivity index (χ3v) is 3.48. The molecule has 1 aliphatic heterocycles. The summed E-state index contributed by atoms with van der Waals surface area (Å²) in [6, 6.07) is 6.36. The Bertz CT molecular complexity index is 584. The molecule has 2 amide bonds. The minimum Gasteiger partial charge on any atom is -0.495 e. The number of rotatable bonds is 3. The van der Waals surface area contributed by atoms with Crippen molar-refractivity contribution in [2.75, 3.05) is 32.1 Å². The summed E-state index contributed by atoms with van der Waals surface area (Å²) in [7, 11) is 1.47. The predicted molar refractivity (Wildman–Crippen MR) is 75.0 cm³/mol. The fourth-order valence-electron chi connectivity index (χ4n) is 2.23. The maximum absolute atomic E-state index is 12.1. The molecule has 112 valence electrons. The smallest absolute Gasteiger partial charge is 0.321 e. The van der Waals surface area contributed by atoms with E-state index < -0.39 is 5.60 Å². The highest BCUT2D eigenvalue weighted by Crippen LogP contribution is 2.24. The minimum absolute atomic E-state index is 0.0800. The van der Waals surface area contributed by atoms with Gasteiger partial charge in [0.25, 0.3) is 0 Å². The molecule has 0 aliphatic carbocycles. The zero-order chi connectivity index (χ0) is 15.5. The third kappa shape index (κ3) is 3.24. The van der Waals surface area contributed by atoms with E-state index >= 15 is 0 Å². The van der Waals surface area contributed by atoms with E-state index in [1.54, 1.807) is 12.1 Å². The number of hydrogen-bond donors (Lipinski definition) is 3. The average molecular weight is 291 g/mol. The molecule has 1 saturated heterocycles. The number of aliphatic hydroxyl groups excluding tert-OH is 1. The highest BCUT2D eigenvalue weighted by Gasteiger charge is 2.37. The molecule has 1 heterocycles. The van der Waals surface area contributed by atoms with Crippen molar-refractivity contribution >= 4 is 11.7 Å². The van der Waals surface area contributed by atoms with Crippen LogP contribution < -0.4 is 10.1 Å². The summed E-state index contributed by atoms with van der Waals surface area (Å²) in [6.07, 6.45) is 0.336. The Hall–Kier alpha value is -2.30. The molecule has 2 rings (SSSR count). The second kappa shape index (κ2) is 5.99. The summed E-state index contributed by atoms with van der Waals surface area (Å²) in [5.74, 6) is 0.436. The summed E-state index contributed by atoms with van der Waals surface area (Å²) < 4.78 is 5.03. The second-order valence-corrected chi connectivity index (χ2v) is 5.01. The normalized spacial score (nSPS) is 21.0. The number of aliphatic hydroxyl groups is 2. The first-order chi connectivity index (χ1) is 10.0. The van der Waals surface area contributed by atoms with Crippen LogP contribution in [-0.2, 0) is 0 Å². The summed E-state index contributed by atoms with van der Waals surface area (Å²) in [5.41, 5.74) is -0.435. The molecule has 0 aromatic heterocycles. The van der Waals surface area contributed by atoms with E-state index in [0.29, 0.717) is 30.0 Å². The lowest BCUT2D eigenvalue weighted by Crippen LogP contribution is -2.40. The van der Waals surface area contributed by atoms with E-state index in [9.17, 15) is 9.90 Å². The van der Waals surface area contributed by atoms with Crippen LogP contribution in [0.2, 0.25) is 0 Å². The first-order valence-corrected chi connectivity index (χ1v) is 6.48. The minimum atomic E-state index is -1.23. The Kier molecular flexibility index (Phi) is 4.31. The molecule has 21 heavy (non-hydrogen) atoms. The number of amides is 2. The molecule has 1 fully saturated rings. The lowest BCUT2D eigenvalue weighted by atomic mass is 10.1. The van der Waals surface area contributed by atoms with Gasteiger partial charge in [0.1, 0.15) is 17.4 Å². The van der Waals surface area contributed by atoms with Gasteiger partial charge in [0, 0.05) is 12.2 Å². The largest absolute Gasteiger partial charge is 0.495 e. The molecule has 0 saturated carbocycles. The van der Waals surface area contributed by atoms with Crippen molar-refractivity contribution in [2.24, 2.45) is 0 Å². The topological polar surface area (TPSA) is 106 Å². The molecule has 0 spiro atoms. The van der Waals surface area contributed by atoms with Crippen LogP contribution in [0.5, 0.6) is 5.75 Å². The zero-order valence-corrected chi connectivity index (χ0v) is 11.7. The number of benzene rings is 1. The first-order valence-electron chi connectivity index (χ1n) is 6.48. The molecule has 7 nitrogen and oxygen atoms in total. The Labute approximate surface area is 122 Å². The quantitative estimate of drug-likeness (QED) is 0.753. The molecule has 0 bridgehead atoms. The van der Waals surface area contributed by atoms with Crippen molar-refractivity contribution < 1.29 is 19.7 Å². The van der Waals surface area contributed by atoms with Crippen molar-refractivity contribution in [3.8, 4) is 11.8 Å². The van der Waals surface area contributed by atoms with E-state index in [-0.39, 0.29) is 19.2 Å². The van der Waals surface area contributed by atoms with Crippen LogP contribution in [0.3, 0.4) is 0 Å². The number of anilines is 1. The zero-order valence-electron chi connectivity index (χ0n) is 11.7. The van der Waals surface area contributed by atoms with E-state index in [4.69, 9.17) is 15.1 Å². The lowest BCUT2D eigenvalue weighted by molar-refractivity contribution is -0.00246. The summed E-state index contributed by atoms with van der Waals surface area (Å²) >= 11 is 0. The van der Waals surface area contributed by atoms with E-state index in [2.05, 4.69) is 5.32 Å². The van der Waals surface area contributed by atoms with Crippen LogP contribution in [0, 0.1) is 11.3 Å². The van der Waals surface area contributed by atoms with Gasteiger partial charge in [0.2, 0.25) is 0 Å². The van der Waals surface area contributed by atoms with Gasteiger partial charge in [0.15, 0.2) is 0 Å². The van der Waals surface area contributed by atoms with Crippen molar-refractivity contribution in [2.45, 2.75) is 12.0 Å². The number of likely N-dealkylation sites (tertiary alicyclic amines) is 1. The molecular weight excluding hydrogens is 274 g/mol. The summed E-state index contributed by atoms with van der Waals surface area (Å²) in [4.78, 5) is 13.5. The van der Waals surface area contributed by atoms with Crippen molar-refractivity contribution in [3.63, 3.8) is 0 Å². The molecule has 0 radical (unpaired) electrons.